The predicted octanol–water partition coefficient (Wildman–Crippen LogP) is 4.87. The quantitative estimate of drug-likeness (QED) is 0.362. The number of aromatic nitrogens is 3. The van der Waals surface area contributed by atoms with Crippen molar-refractivity contribution < 1.29 is 9.31 Å². The standard InChI is InChI=1S/C27H23BN4O2/c1-26(2)27(3,4)34-28(33-26)19-13-14-20-22(15-19)31-24(18-11-9-17(16-29)10-12-18)32-23-8-6-5-7-21(23)30-25(20)32/h5-15H,1-4H3. The summed E-state index contributed by atoms with van der Waals surface area (Å²) >= 11 is 0. The Hall–Kier alpha value is -3.73. The Morgan fingerprint density at radius 3 is 2.26 bits per heavy atom. The molecule has 3 heterocycles. The average molecular weight is 446 g/mol. The summed E-state index contributed by atoms with van der Waals surface area (Å²) < 4.78 is 14.6. The van der Waals surface area contributed by atoms with E-state index in [2.05, 4.69) is 44.2 Å². The fourth-order valence-corrected chi connectivity index (χ4v) is 4.43. The van der Waals surface area contributed by atoms with E-state index in [9.17, 15) is 5.26 Å². The summed E-state index contributed by atoms with van der Waals surface area (Å²) in [5.41, 5.74) is 5.15. The van der Waals surface area contributed by atoms with Gasteiger partial charge in [-0.3, -0.25) is 4.40 Å². The first-order chi connectivity index (χ1) is 16.3. The summed E-state index contributed by atoms with van der Waals surface area (Å²) in [4.78, 5) is 10.0. The summed E-state index contributed by atoms with van der Waals surface area (Å²) in [6.45, 7) is 8.20. The predicted molar refractivity (Wildman–Crippen MR) is 134 cm³/mol. The van der Waals surface area contributed by atoms with Crippen LogP contribution in [0.5, 0.6) is 0 Å². The normalized spacial score (nSPS) is 17.0. The molecule has 0 N–H and O–H groups in total. The van der Waals surface area contributed by atoms with Crippen molar-refractivity contribution in [1.82, 2.24) is 14.4 Å². The Labute approximate surface area is 197 Å². The number of para-hydroxylation sites is 2. The molecule has 5 aromatic rings. The van der Waals surface area contributed by atoms with Crippen LogP contribution in [0.1, 0.15) is 33.3 Å². The Morgan fingerprint density at radius 1 is 0.853 bits per heavy atom. The molecule has 0 bridgehead atoms. The maximum atomic E-state index is 9.22. The molecular weight excluding hydrogens is 423 g/mol. The van der Waals surface area contributed by atoms with E-state index in [0.29, 0.717) is 5.56 Å². The summed E-state index contributed by atoms with van der Waals surface area (Å²) in [6.07, 6.45) is 0. The molecule has 0 atom stereocenters. The Kier molecular flexibility index (Phi) is 4.38. The van der Waals surface area contributed by atoms with E-state index in [-0.39, 0.29) is 0 Å². The van der Waals surface area contributed by atoms with Crippen LogP contribution in [-0.2, 0) is 9.31 Å². The molecule has 3 aromatic carbocycles. The lowest BCUT2D eigenvalue weighted by atomic mass is 9.79. The Morgan fingerprint density at radius 2 is 1.56 bits per heavy atom. The van der Waals surface area contributed by atoms with Crippen LogP contribution in [0.15, 0.2) is 66.7 Å². The van der Waals surface area contributed by atoms with Crippen LogP contribution in [0.25, 0.3) is 39.0 Å². The number of rotatable bonds is 2. The zero-order chi connectivity index (χ0) is 23.7. The van der Waals surface area contributed by atoms with E-state index in [4.69, 9.17) is 19.3 Å². The number of hydrogen-bond donors (Lipinski definition) is 0. The van der Waals surface area contributed by atoms with E-state index >= 15 is 0 Å². The van der Waals surface area contributed by atoms with Gasteiger partial charge in [0.15, 0.2) is 0 Å². The molecule has 6 rings (SSSR count). The van der Waals surface area contributed by atoms with Gasteiger partial charge in [0.25, 0.3) is 0 Å². The van der Waals surface area contributed by atoms with Gasteiger partial charge in [0, 0.05) is 10.9 Å². The molecule has 0 saturated carbocycles. The average Bonchev–Trinajstić information content (AvgIpc) is 3.32. The van der Waals surface area contributed by atoms with E-state index in [1.54, 1.807) is 0 Å². The second-order valence-electron chi connectivity index (χ2n) is 9.75. The maximum Gasteiger partial charge on any atom is 0.494 e. The smallest absolute Gasteiger partial charge is 0.399 e. The molecule has 0 unspecified atom stereocenters. The number of hydrogen-bond acceptors (Lipinski definition) is 5. The van der Waals surface area contributed by atoms with Gasteiger partial charge in [-0.15, -0.1) is 0 Å². The number of nitriles is 1. The summed E-state index contributed by atoms with van der Waals surface area (Å²) in [5, 5.41) is 10.2. The van der Waals surface area contributed by atoms with Gasteiger partial charge in [-0.2, -0.15) is 5.26 Å². The molecule has 7 heteroatoms. The van der Waals surface area contributed by atoms with Crippen LogP contribution in [0, 0.1) is 11.3 Å². The highest BCUT2D eigenvalue weighted by Crippen LogP contribution is 2.37. The van der Waals surface area contributed by atoms with Crippen molar-refractivity contribution in [3.05, 3.63) is 72.3 Å². The highest BCUT2D eigenvalue weighted by Gasteiger charge is 2.51. The highest BCUT2D eigenvalue weighted by atomic mass is 16.7. The molecule has 34 heavy (non-hydrogen) atoms. The van der Waals surface area contributed by atoms with E-state index < -0.39 is 18.3 Å². The van der Waals surface area contributed by atoms with Crippen LogP contribution >= 0.6 is 0 Å². The van der Waals surface area contributed by atoms with Gasteiger partial charge in [-0.1, -0.05) is 18.2 Å². The number of nitrogens with zero attached hydrogens (tertiary/aromatic N) is 4. The molecule has 1 aliphatic heterocycles. The second-order valence-corrected chi connectivity index (χ2v) is 9.75. The van der Waals surface area contributed by atoms with E-state index in [0.717, 1.165) is 44.4 Å². The lowest BCUT2D eigenvalue weighted by molar-refractivity contribution is 0.00578. The zero-order valence-electron chi connectivity index (χ0n) is 19.5. The third-order valence-corrected chi connectivity index (χ3v) is 7.06. The molecule has 0 spiro atoms. The lowest BCUT2D eigenvalue weighted by Gasteiger charge is -2.32. The van der Waals surface area contributed by atoms with Crippen LogP contribution in [0.2, 0.25) is 0 Å². The van der Waals surface area contributed by atoms with Gasteiger partial charge in [-0.05, 0) is 81.7 Å². The van der Waals surface area contributed by atoms with Gasteiger partial charge >= 0.3 is 7.12 Å². The topological polar surface area (TPSA) is 72.4 Å². The van der Waals surface area contributed by atoms with Gasteiger partial charge in [-0.25, -0.2) is 9.97 Å². The zero-order valence-corrected chi connectivity index (χ0v) is 19.5. The summed E-state index contributed by atoms with van der Waals surface area (Å²) in [6, 6.07) is 23.8. The van der Waals surface area contributed by atoms with E-state index in [1.165, 1.54) is 0 Å². The largest absolute Gasteiger partial charge is 0.494 e. The number of benzene rings is 3. The van der Waals surface area contributed by atoms with Crippen molar-refractivity contribution in [3.63, 3.8) is 0 Å². The molecule has 1 saturated heterocycles. The molecular formula is C27H23BN4O2. The van der Waals surface area contributed by atoms with Gasteiger partial charge in [0.1, 0.15) is 11.5 Å². The monoisotopic (exact) mass is 446 g/mol. The highest BCUT2D eigenvalue weighted by molar-refractivity contribution is 6.62. The minimum atomic E-state index is -0.468. The molecule has 0 aliphatic carbocycles. The van der Waals surface area contributed by atoms with E-state index in [1.807, 2.05) is 60.7 Å². The second kappa shape index (κ2) is 7.13. The fourth-order valence-electron chi connectivity index (χ4n) is 4.43. The maximum absolute atomic E-state index is 9.22. The SMILES string of the molecule is CC1(C)OB(c2ccc3c(c2)nc(-c2ccc(C#N)cc2)n2c4ccccc4nc32)OC1(C)C. The van der Waals surface area contributed by atoms with Crippen LogP contribution in [0.4, 0.5) is 0 Å². The third-order valence-electron chi connectivity index (χ3n) is 7.06. The number of imidazole rings is 1. The van der Waals surface area contributed by atoms with Crippen molar-refractivity contribution in [2.75, 3.05) is 0 Å². The third kappa shape index (κ3) is 3.03. The Bertz CT molecular complexity index is 1610. The molecule has 1 fully saturated rings. The molecule has 0 radical (unpaired) electrons. The van der Waals surface area contributed by atoms with Crippen LogP contribution < -0.4 is 5.46 Å². The summed E-state index contributed by atoms with van der Waals surface area (Å²) in [7, 11) is -0.468. The fraction of sp³-hybridized carbons (Fsp3) is 0.222. The minimum Gasteiger partial charge on any atom is -0.399 e. The molecule has 1 aliphatic rings. The summed E-state index contributed by atoms with van der Waals surface area (Å²) in [5.74, 6) is 0.770. The molecule has 0 amide bonds. The van der Waals surface area contributed by atoms with Gasteiger partial charge in [0.2, 0.25) is 0 Å². The number of fused-ring (bicyclic) bond motifs is 5. The van der Waals surface area contributed by atoms with Gasteiger partial charge in [0.05, 0.1) is 39.4 Å². The first-order valence-electron chi connectivity index (χ1n) is 11.3. The van der Waals surface area contributed by atoms with Crippen molar-refractivity contribution in [2.24, 2.45) is 0 Å². The van der Waals surface area contributed by atoms with Crippen LogP contribution in [-0.4, -0.2) is 32.7 Å². The first-order valence-corrected chi connectivity index (χ1v) is 11.3. The minimum absolute atomic E-state index is 0.418. The Balaban J connectivity index is 1.60. The van der Waals surface area contributed by atoms with Crippen molar-refractivity contribution >= 4 is 40.2 Å². The van der Waals surface area contributed by atoms with Crippen molar-refractivity contribution in [3.8, 4) is 17.5 Å². The van der Waals surface area contributed by atoms with Gasteiger partial charge < -0.3 is 9.31 Å². The lowest BCUT2D eigenvalue weighted by Crippen LogP contribution is -2.41. The molecule has 6 nitrogen and oxygen atoms in total. The first kappa shape index (κ1) is 20.9. The molecule has 2 aromatic heterocycles. The van der Waals surface area contributed by atoms with Crippen molar-refractivity contribution in [2.45, 2.75) is 38.9 Å². The van der Waals surface area contributed by atoms with Crippen molar-refractivity contribution in [1.29, 1.82) is 5.26 Å². The molecule has 166 valence electrons. The van der Waals surface area contributed by atoms with Crippen LogP contribution in [0.3, 0.4) is 0 Å².